The van der Waals surface area contributed by atoms with Crippen LogP contribution in [0.4, 0.5) is 0 Å². The minimum Gasteiger partial charge on any atom is -0.452 e. The average Bonchev–Trinajstić information content (AvgIpc) is 3.37. The van der Waals surface area contributed by atoms with Gasteiger partial charge in [0.15, 0.2) is 6.61 Å². The number of fused-ring (bicyclic) bond motifs is 2. The SMILES string of the molecule is O=C(OCC(=O)N1N=C2C(=Cc3ccccc3)CCCC2C1c1ccccc1)c1cc(=O)[nH]c2ccccc12. The highest BCUT2D eigenvalue weighted by Gasteiger charge is 2.43. The van der Waals surface area contributed by atoms with Gasteiger partial charge in [0, 0.05) is 22.9 Å². The Morgan fingerprint density at radius 3 is 2.49 bits per heavy atom. The van der Waals surface area contributed by atoms with Crippen LogP contribution in [-0.2, 0) is 9.53 Å². The number of nitrogens with zero attached hydrogens (tertiary/aromatic N) is 2. The minimum atomic E-state index is -0.726. The molecule has 2 atom stereocenters. The Hall–Kier alpha value is -4.78. The first-order valence-electron chi connectivity index (χ1n) is 13.1. The van der Waals surface area contributed by atoms with Crippen molar-refractivity contribution in [3.63, 3.8) is 0 Å². The van der Waals surface area contributed by atoms with Crippen molar-refractivity contribution in [1.29, 1.82) is 0 Å². The summed E-state index contributed by atoms with van der Waals surface area (Å²) in [5.74, 6) is -1.09. The summed E-state index contributed by atoms with van der Waals surface area (Å²) in [6.07, 6.45) is 4.95. The molecule has 7 nitrogen and oxygen atoms in total. The van der Waals surface area contributed by atoms with E-state index in [1.807, 2.05) is 48.5 Å². The molecule has 1 aliphatic carbocycles. The number of para-hydroxylation sites is 1. The molecule has 1 aliphatic heterocycles. The Balaban J connectivity index is 1.29. The number of esters is 1. The fraction of sp³-hybridized carbons (Fsp3) is 0.188. The Kier molecular flexibility index (Phi) is 6.63. The largest absolute Gasteiger partial charge is 0.452 e. The van der Waals surface area contributed by atoms with E-state index in [0.717, 1.165) is 41.7 Å². The molecule has 0 bridgehead atoms. The van der Waals surface area contributed by atoms with Crippen LogP contribution >= 0.6 is 0 Å². The van der Waals surface area contributed by atoms with Gasteiger partial charge in [-0.2, -0.15) is 5.10 Å². The number of amides is 1. The van der Waals surface area contributed by atoms with Gasteiger partial charge in [-0.3, -0.25) is 9.59 Å². The zero-order valence-electron chi connectivity index (χ0n) is 21.2. The van der Waals surface area contributed by atoms with Crippen molar-refractivity contribution >= 4 is 34.6 Å². The van der Waals surface area contributed by atoms with Crippen molar-refractivity contribution in [3.05, 3.63) is 124 Å². The Morgan fingerprint density at radius 2 is 1.69 bits per heavy atom. The highest BCUT2D eigenvalue weighted by molar-refractivity contribution is 6.08. The molecule has 2 heterocycles. The molecule has 0 radical (unpaired) electrons. The van der Waals surface area contributed by atoms with E-state index in [1.54, 1.807) is 24.3 Å². The van der Waals surface area contributed by atoms with Crippen LogP contribution in [0.25, 0.3) is 17.0 Å². The average molecular weight is 518 g/mol. The zero-order chi connectivity index (χ0) is 26.8. The number of pyridine rings is 1. The maximum atomic E-state index is 13.6. The first-order chi connectivity index (χ1) is 19.1. The highest BCUT2D eigenvalue weighted by atomic mass is 16.5. The number of ether oxygens (including phenoxy) is 1. The van der Waals surface area contributed by atoms with E-state index in [0.29, 0.717) is 10.9 Å². The number of hydrazone groups is 1. The maximum absolute atomic E-state index is 13.6. The molecule has 1 amide bonds. The van der Waals surface area contributed by atoms with Crippen LogP contribution in [0.5, 0.6) is 0 Å². The first kappa shape index (κ1) is 24.6. The molecular formula is C32H27N3O4. The van der Waals surface area contributed by atoms with Crippen molar-refractivity contribution in [2.45, 2.75) is 25.3 Å². The summed E-state index contributed by atoms with van der Waals surface area (Å²) in [5, 5.41) is 6.89. The van der Waals surface area contributed by atoms with E-state index in [4.69, 9.17) is 9.84 Å². The van der Waals surface area contributed by atoms with Crippen LogP contribution in [-0.4, -0.2) is 34.2 Å². The number of H-pyrrole nitrogens is 1. The number of aromatic nitrogens is 1. The van der Waals surface area contributed by atoms with Gasteiger partial charge in [0.1, 0.15) is 0 Å². The fourth-order valence-corrected chi connectivity index (χ4v) is 5.59. The lowest BCUT2D eigenvalue weighted by atomic mass is 9.77. The summed E-state index contributed by atoms with van der Waals surface area (Å²) in [5.41, 5.74) is 4.36. The van der Waals surface area contributed by atoms with Crippen molar-refractivity contribution in [1.82, 2.24) is 9.99 Å². The molecular weight excluding hydrogens is 490 g/mol. The van der Waals surface area contributed by atoms with Crippen LogP contribution in [0.1, 0.15) is 46.8 Å². The van der Waals surface area contributed by atoms with Crippen LogP contribution in [0.2, 0.25) is 0 Å². The summed E-state index contributed by atoms with van der Waals surface area (Å²) < 4.78 is 5.46. The maximum Gasteiger partial charge on any atom is 0.339 e. The lowest BCUT2D eigenvalue weighted by Gasteiger charge is -2.29. The van der Waals surface area contributed by atoms with Crippen molar-refractivity contribution in [3.8, 4) is 0 Å². The third kappa shape index (κ3) is 4.91. The van der Waals surface area contributed by atoms with Gasteiger partial charge in [-0.15, -0.1) is 0 Å². The molecule has 3 aromatic carbocycles. The van der Waals surface area contributed by atoms with Gasteiger partial charge < -0.3 is 9.72 Å². The second kappa shape index (κ2) is 10.5. The molecule has 2 unspecified atom stereocenters. The Labute approximate surface area is 225 Å². The zero-order valence-corrected chi connectivity index (χ0v) is 21.2. The molecule has 6 rings (SSSR count). The summed E-state index contributed by atoms with van der Waals surface area (Å²) >= 11 is 0. The van der Waals surface area contributed by atoms with Gasteiger partial charge in [0.25, 0.3) is 5.91 Å². The number of aromatic amines is 1. The molecule has 7 heteroatoms. The second-order valence-electron chi connectivity index (χ2n) is 9.83. The van der Waals surface area contributed by atoms with Crippen LogP contribution in [0, 0.1) is 5.92 Å². The van der Waals surface area contributed by atoms with E-state index in [2.05, 4.69) is 23.2 Å². The molecule has 2 aliphatic rings. The van der Waals surface area contributed by atoms with Crippen LogP contribution < -0.4 is 5.56 Å². The van der Waals surface area contributed by atoms with Crippen LogP contribution in [0.15, 0.2) is 106 Å². The van der Waals surface area contributed by atoms with Gasteiger partial charge in [-0.25, -0.2) is 9.80 Å². The number of carbonyl (C=O) groups is 2. The van der Waals surface area contributed by atoms with Gasteiger partial charge in [0.2, 0.25) is 5.56 Å². The third-order valence-corrected chi connectivity index (χ3v) is 7.34. The molecule has 194 valence electrons. The number of nitrogens with one attached hydrogen (secondary N) is 1. The minimum absolute atomic E-state index is 0.0485. The van der Waals surface area contributed by atoms with Gasteiger partial charge >= 0.3 is 5.97 Å². The molecule has 0 saturated heterocycles. The highest BCUT2D eigenvalue weighted by Crippen LogP contribution is 2.44. The number of benzene rings is 3. The normalized spacial score (nSPS) is 19.5. The lowest BCUT2D eigenvalue weighted by molar-refractivity contribution is -0.137. The number of hydrogen-bond acceptors (Lipinski definition) is 5. The van der Waals surface area contributed by atoms with Crippen molar-refractivity contribution in [2.24, 2.45) is 11.0 Å². The molecule has 1 fully saturated rings. The number of hydrogen-bond donors (Lipinski definition) is 1. The third-order valence-electron chi connectivity index (χ3n) is 7.34. The summed E-state index contributed by atoms with van der Waals surface area (Å²) in [7, 11) is 0. The van der Waals surface area contributed by atoms with Crippen molar-refractivity contribution in [2.75, 3.05) is 6.61 Å². The smallest absolute Gasteiger partial charge is 0.339 e. The number of rotatable bonds is 5. The van der Waals surface area contributed by atoms with Gasteiger partial charge in [-0.05, 0) is 48.1 Å². The van der Waals surface area contributed by atoms with E-state index >= 15 is 0 Å². The Morgan fingerprint density at radius 1 is 0.974 bits per heavy atom. The number of allylic oxidation sites excluding steroid dienone is 1. The van der Waals surface area contributed by atoms with E-state index < -0.39 is 24.0 Å². The van der Waals surface area contributed by atoms with E-state index in [1.165, 1.54) is 11.1 Å². The molecule has 1 aromatic heterocycles. The summed E-state index contributed by atoms with van der Waals surface area (Å²) in [6, 6.07) is 27.9. The monoisotopic (exact) mass is 517 g/mol. The quantitative estimate of drug-likeness (QED) is 0.354. The molecule has 1 N–H and O–H groups in total. The fourth-order valence-electron chi connectivity index (χ4n) is 5.59. The first-order valence-corrected chi connectivity index (χ1v) is 13.1. The van der Waals surface area contributed by atoms with E-state index in [9.17, 15) is 14.4 Å². The summed E-state index contributed by atoms with van der Waals surface area (Å²) in [4.78, 5) is 41.4. The molecule has 1 saturated carbocycles. The molecule has 4 aromatic rings. The van der Waals surface area contributed by atoms with Gasteiger partial charge in [0.05, 0.1) is 17.3 Å². The topological polar surface area (TPSA) is 91.8 Å². The van der Waals surface area contributed by atoms with Crippen molar-refractivity contribution < 1.29 is 14.3 Å². The predicted octanol–water partition coefficient (Wildman–Crippen LogP) is 5.51. The van der Waals surface area contributed by atoms with Crippen LogP contribution in [0.3, 0.4) is 0 Å². The standard InChI is InChI=1S/C32H27N3O4/c36-28-19-26(24-15-7-8-17-27(24)33-28)32(38)39-20-29(37)35-31(22-12-5-2-6-13-22)25-16-9-14-23(30(25)34-35)18-21-10-3-1-4-11-21/h1-8,10-13,15,17-19,25,31H,9,14,16,20H2,(H,33,36). The predicted molar refractivity (Wildman–Crippen MR) is 150 cm³/mol. The Bertz CT molecular complexity index is 1660. The number of carbonyl (C=O) groups excluding carboxylic acids is 2. The van der Waals surface area contributed by atoms with Gasteiger partial charge in [-0.1, -0.05) is 78.9 Å². The van der Waals surface area contributed by atoms with E-state index in [-0.39, 0.29) is 17.5 Å². The summed E-state index contributed by atoms with van der Waals surface area (Å²) in [6.45, 7) is -0.482. The lowest BCUT2D eigenvalue weighted by Crippen LogP contribution is -2.34. The second-order valence-corrected chi connectivity index (χ2v) is 9.83. The molecule has 0 spiro atoms. The molecule has 39 heavy (non-hydrogen) atoms.